The van der Waals surface area contributed by atoms with E-state index in [0.29, 0.717) is 17.9 Å². The van der Waals surface area contributed by atoms with Crippen molar-refractivity contribution >= 4 is 11.8 Å². The number of halogens is 1. The highest BCUT2D eigenvalue weighted by Crippen LogP contribution is 2.21. The number of hydrogen-bond acceptors (Lipinski definition) is 3. The molecule has 0 saturated heterocycles. The first-order valence-corrected chi connectivity index (χ1v) is 8.81. The maximum Gasteiger partial charge on any atom is 0.252 e. The van der Waals surface area contributed by atoms with E-state index < -0.39 is 6.04 Å². The van der Waals surface area contributed by atoms with Gasteiger partial charge in [-0.3, -0.25) is 9.59 Å². The summed E-state index contributed by atoms with van der Waals surface area (Å²) in [6.45, 7) is 1.86. The van der Waals surface area contributed by atoms with Gasteiger partial charge in [0.05, 0.1) is 0 Å². The molecule has 0 aliphatic carbocycles. The van der Waals surface area contributed by atoms with E-state index in [1.54, 1.807) is 48.8 Å². The largest absolute Gasteiger partial charge is 0.352 e. The van der Waals surface area contributed by atoms with Gasteiger partial charge in [-0.2, -0.15) is 0 Å². The number of imidazole rings is 1. The fourth-order valence-corrected chi connectivity index (χ4v) is 2.82. The van der Waals surface area contributed by atoms with Crippen molar-refractivity contribution in [3.05, 3.63) is 89.3 Å². The van der Waals surface area contributed by atoms with E-state index in [-0.39, 0.29) is 17.6 Å². The van der Waals surface area contributed by atoms with Crippen LogP contribution in [0.15, 0.2) is 60.9 Å². The zero-order valence-electron chi connectivity index (χ0n) is 15.6. The van der Waals surface area contributed by atoms with Crippen LogP contribution < -0.4 is 10.6 Å². The first-order valence-electron chi connectivity index (χ1n) is 8.81. The average Bonchev–Trinajstić information content (AvgIpc) is 3.11. The van der Waals surface area contributed by atoms with Gasteiger partial charge in [-0.05, 0) is 35.4 Å². The summed E-state index contributed by atoms with van der Waals surface area (Å²) in [6, 6.07) is 12.4. The number of hydrogen-bond donors (Lipinski definition) is 2. The number of benzene rings is 2. The van der Waals surface area contributed by atoms with Crippen LogP contribution >= 0.6 is 0 Å². The predicted octanol–water partition coefficient (Wildman–Crippen LogP) is 2.71. The minimum Gasteiger partial charge on any atom is -0.352 e. The van der Waals surface area contributed by atoms with Crippen molar-refractivity contribution in [3.8, 4) is 0 Å². The van der Waals surface area contributed by atoms with Crippen molar-refractivity contribution in [3.63, 3.8) is 0 Å². The Morgan fingerprint density at radius 3 is 2.36 bits per heavy atom. The molecule has 0 saturated carbocycles. The van der Waals surface area contributed by atoms with Gasteiger partial charge in [0.15, 0.2) is 0 Å². The van der Waals surface area contributed by atoms with Gasteiger partial charge >= 0.3 is 0 Å². The molecule has 3 aromatic rings. The van der Waals surface area contributed by atoms with E-state index in [1.807, 2.05) is 11.6 Å². The van der Waals surface area contributed by atoms with Crippen molar-refractivity contribution in [1.82, 2.24) is 20.2 Å². The van der Waals surface area contributed by atoms with Crippen molar-refractivity contribution in [2.45, 2.75) is 19.5 Å². The molecule has 144 valence electrons. The van der Waals surface area contributed by atoms with Crippen LogP contribution in [0.4, 0.5) is 4.39 Å². The standard InChI is InChI=1S/C21H21FN4O2/c1-14(27)24-13-15-3-5-17(6-4-15)21(28)25-19(20-23-11-12-26(20)2)16-7-9-18(22)10-8-16/h3-12,19H,13H2,1-2H3,(H,24,27)(H,25,28). The Kier molecular flexibility index (Phi) is 5.84. The van der Waals surface area contributed by atoms with Gasteiger partial charge in [0.2, 0.25) is 5.91 Å². The molecule has 0 aliphatic rings. The Morgan fingerprint density at radius 2 is 1.79 bits per heavy atom. The molecule has 6 nitrogen and oxygen atoms in total. The Hall–Kier alpha value is -3.48. The summed E-state index contributed by atoms with van der Waals surface area (Å²) in [5, 5.41) is 5.68. The molecule has 1 atom stereocenters. The lowest BCUT2D eigenvalue weighted by Gasteiger charge is -2.19. The van der Waals surface area contributed by atoms with Crippen molar-refractivity contribution in [2.24, 2.45) is 7.05 Å². The molecule has 0 aliphatic heterocycles. The minimum absolute atomic E-state index is 0.112. The number of aryl methyl sites for hydroxylation is 1. The van der Waals surface area contributed by atoms with E-state index in [2.05, 4.69) is 15.6 Å². The number of carbonyl (C=O) groups excluding carboxylic acids is 2. The van der Waals surface area contributed by atoms with Gasteiger partial charge < -0.3 is 15.2 Å². The summed E-state index contributed by atoms with van der Waals surface area (Å²) in [7, 11) is 1.84. The molecule has 1 heterocycles. The molecule has 2 N–H and O–H groups in total. The third kappa shape index (κ3) is 4.62. The fourth-order valence-electron chi connectivity index (χ4n) is 2.82. The monoisotopic (exact) mass is 380 g/mol. The molecular weight excluding hydrogens is 359 g/mol. The van der Waals surface area contributed by atoms with Gasteiger partial charge in [-0.25, -0.2) is 9.37 Å². The highest BCUT2D eigenvalue weighted by atomic mass is 19.1. The van der Waals surface area contributed by atoms with Gasteiger partial charge in [0.25, 0.3) is 5.91 Å². The lowest BCUT2D eigenvalue weighted by atomic mass is 10.0. The maximum absolute atomic E-state index is 13.3. The number of nitrogens with zero attached hydrogens (tertiary/aromatic N) is 2. The zero-order valence-corrected chi connectivity index (χ0v) is 15.6. The van der Waals surface area contributed by atoms with Gasteiger partial charge in [-0.1, -0.05) is 24.3 Å². The molecule has 1 aromatic heterocycles. The Balaban J connectivity index is 1.80. The van der Waals surface area contributed by atoms with E-state index in [0.717, 1.165) is 11.1 Å². The molecule has 2 amide bonds. The van der Waals surface area contributed by atoms with Crippen molar-refractivity contribution < 1.29 is 14.0 Å². The predicted molar refractivity (Wildman–Crippen MR) is 103 cm³/mol. The van der Waals surface area contributed by atoms with Crippen LogP contribution in [0.3, 0.4) is 0 Å². The Morgan fingerprint density at radius 1 is 1.11 bits per heavy atom. The van der Waals surface area contributed by atoms with E-state index in [9.17, 15) is 14.0 Å². The SMILES string of the molecule is CC(=O)NCc1ccc(C(=O)NC(c2ccc(F)cc2)c2nccn2C)cc1. The second kappa shape index (κ2) is 8.47. The molecule has 0 bridgehead atoms. The van der Waals surface area contributed by atoms with Crippen LogP contribution in [0.5, 0.6) is 0 Å². The smallest absolute Gasteiger partial charge is 0.252 e. The van der Waals surface area contributed by atoms with Crippen LogP contribution in [-0.2, 0) is 18.4 Å². The highest BCUT2D eigenvalue weighted by molar-refractivity contribution is 5.94. The highest BCUT2D eigenvalue weighted by Gasteiger charge is 2.21. The molecule has 0 radical (unpaired) electrons. The first-order chi connectivity index (χ1) is 13.4. The zero-order chi connectivity index (χ0) is 20.1. The molecule has 1 unspecified atom stereocenters. The Labute approximate surface area is 162 Å². The number of carbonyl (C=O) groups is 2. The molecular formula is C21H21FN4O2. The summed E-state index contributed by atoms with van der Waals surface area (Å²) in [6.07, 6.45) is 3.43. The third-order valence-electron chi connectivity index (χ3n) is 4.35. The van der Waals surface area contributed by atoms with Crippen LogP contribution in [-0.4, -0.2) is 21.4 Å². The third-order valence-corrected chi connectivity index (χ3v) is 4.35. The molecule has 7 heteroatoms. The summed E-state index contributed by atoms with van der Waals surface area (Å²) in [4.78, 5) is 28.1. The van der Waals surface area contributed by atoms with E-state index in [1.165, 1.54) is 19.1 Å². The molecule has 2 aromatic carbocycles. The van der Waals surface area contributed by atoms with E-state index in [4.69, 9.17) is 0 Å². The topological polar surface area (TPSA) is 76.0 Å². The van der Waals surface area contributed by atoms with Gasteiger partial charge in [0.1, 0.15) is 17.7 Å². The summed E-state index contributed by atoms with van der Waals surface area (Å²) in [5.41, 5.74) is 2.10. The lowest BCUT2D eigenvalue weighted by Crippen LogP contribution is -2.31. The van der Waals surface area contributed by atoms with Gasteiger partial charge in [0, 0.05) is 38.5 Å². The van der Waals surface area contributed by atoms with Crippen LogP contribution in [0.1, 0.15) is 40.3 Å². The van der Waals surface area contributed by atoms with Gasteiger partial charge in [-0.15, -0.1) is 0 Å². The minimum atomic E-state index is -0.521. The quantitative estimate of drug-likeness (QED) is 0.690. The maximum atomic E-state index is 13.3. The van der Waals surface area contributed by atoms with Crippen LogP contribution in [0.2, 0.25) is 0 Å². The van der Waals surface area contributed by atoms with Crippen LogP contribution in [0, 0.1) is 5.82 Å². The summed E-state index contributed by atoms with van der Waals surface area (Å²) >= 11 is 0. The number of aromatic nitrogens is 2. The molecule has 3 rings (SSSR count). The Bertz CT molecular complexity index is 965. The molecule has 28 heavy (non-hydrogen) atoms. The first kappa shape index (κ1) is 19.3. The average molecular weight is 380 g/mol. The van der Waals surface area contributed by atoms with Crippen LogP contribution in [0.25, 0.3) is 0 Å². The van der Waals surface area contributed by atoms with E-state index >= 15 is 0 Å². The second-order valence-electron chi connectivity index (χ2n) is 6.46. The number of nitrogens with one attached hydrogen (secondary N) is 2. The lowest BCUT2D eigenvalue weighted by molar-refractivity contribution is -0.119. The molecule has 0 fully saturated rings. The second-order valence-corrected chi connectivity index (χ2v) is 6.46. The van der Waals surface area contributed by atoms with Crippen molar-refractivity contribution in [2.75, 3.05) is 0 Å². The van der Waals surface area contributed by atoms with Crippen molar-refractivity contribution in [1.29, 1.82) is 0 Å². The fraction of sp³-hybridized carbons (Fsp3) is 0.190. The number of amides is 2. The summed E-state index contributed by atoms with van der Waals surface area (Å²) in [5.74, 6) is -0.0897. The number of rotatable bonds is 6. The normalized spacial score (nSPS) is 11.7. The molecule has 0 spiro atoms. The summed E-state index contributed by atoms with van der Waals surface area (Å²) < 4.78 is 15.1.